The zero-order valence-corrected chi connectivity index (χ0v) is 20.4. The number of piperazine rings is 1. The third kappa shape index (κ3) is 7.09. The molecule has 0 bridgehead atoms. The lowest BCUT2D eigenvalue weighted by molar-refractivity contribution is 0.0187. The van der Waals surface area contributed by atoms with Crippen molar-refractivity contribution in [2.75, 3.05) is 50.8 Å². The second-order valence-electron chi connectivity index (χ2n) is 9.29. The van der Waals surface area contributed by atoms with Gasteiger partial charge in [-0.15, -0.1) is 0 Å². The minimum atomic E-state index is -1.13. The van der Waals surface area contributed by atoms with Crippen molar-refractivity contribution in [1.29, 1.82) is 0 Å². The number of carbonyl (C=O) groups is 2. The molecule has 2 aliphatic heterocycles. The number of nitrogens with zero attached hydrogens (tertiary/aromatic N) is 3. The molecule has 3 rings (SSSR count). The van der Waals surface area contributed by atoms with E-state index >= 15 is 0 Å². The highest BCUT2D eigenvalue weighted by Crippen LogP contribution is 2.32. The molecule has 1 amide bonds. The first kappa shape index (κ1) is 25.3. The Kier molecular flexibility index (Phi) is 8.25. The van der Waals surface area contributed by atoms with Crippen molar-refractivity contribution in [3.05, 3.63) is 16.8 Å². The van der Waals surface area contributed by atoms with Crippen LogP contribution in [0.2, 0.25) is 5.15 Å². The number of nitrogens with one attached hydrogen (secondary N) is 1. The molecule has 2 N–H and O–H groups in total. The van der Waals surface area contributed by atoms with Gasteiger partial charge in [-0.25, -0.2) is 14.6 Å². The number of aromatic carboxylic acids is 1. The highest BCUT2D eigenvalue weighted by atomic mass is 35.5. The van der Waals surface area contributed by atoms with Gasteiger partial charge in [0.1, 0.15) is 27.9 Å². The van der Waals surface area contributed by atoms with Crippen LogP contribution in [0.5, 0.6) is 5.75 Å². The molecular weight excluding hydrogens is 452 g/mol. The number of hydrogen-bond acceptors (Lipinski definition) is 8. The Morgan fingerprint density at radius 3 is 2.76 bits per heavy atom. The summed E-state index contributed by atoms with van der Waals surface area (Å²) in [6.45, 7) is 10.9. The molecule has 2 saturated heterocycles. The standard InChI is InChI=1S/C22H33ClN4O6/c1-14-12-26(8-10-31-14)19-18(20(28)29)16(11-17(23)25-19)32-9-5-15-13-27(7-6-24-15)21(30)33-22(2,3)4/h11,14-15,24H,5-10,12-13H2,1-4H3,(H,28,29)/t14-,15-/m0/s1. The predicted octanol–water partition coefficient (Wildman–Crippen LogP) is 2.64. The fraction of sp³-hybridized carbons (Fsp3) is 0.682. The average Bonchev–Trinajstić information content (AvgIpc) is 2.72. The van der Waals surface area contributed by atoms with Gasteiger partial charge in [0.25, 0.3) is 0 Å². The molecule has 2 fully saturated rings. The Balaban J connectivity index is 1.65. The van der Waals surface area contributed by atoms with Crippen LogP contribution >= 0.6 is 11.6 Å². The maximum Gasteiger partial charge on any atom is 0.410 e. The van der Waals surface area contributed by atoms with E-state index in [9.17, 15) is 14.7 Å². The Morgan fingerprint density at radius 2 is 2.09 bits per heavy atom. The van der Waals surface area contributed by atoms with Crippen LogP contribution < -0.4 is 15.0 Å². The molecule has 0 saturated carbocycles. The largest absolute Gasteiger partial charge is 0.492 e. The van der Waals surface area contributed by atoms with Gasteiger partial charge in [-0.05, 0) is 34.1 Å². The highest BCUT2D eigenvalue weighted by Gasteiger charge is 2.29. The fourth-order valence-electron chi connectivity index (χ4n) is 3.86. The number of anilines is 1. The minimum Gasteiger partial charge on any atom is -0.492 e. The second kappa shape index (κ2) is 10.8. The van der Waals surface area contributed by atoms with Gasteiger partial charge >= 0.3 is 12.1 Å². The molecule has 2 aliphatic rings. The van der Waals surface area contributed by atoms with E-state index in [2.05, 4.69) is 10.3 Å². The molecule has 11 heteroatoms. The summed E-state index contributed by atoms with van der Waals surface area (Å²) in [5, 5.41) is 13.4. The second-order valence-corrected chi connectivity index (χ2v) is 9.68. The maximum absolute atomic E-state index is 12.4. The molecule has 33 heavy (non-hydrogen) atoms. The molecule has 10 nitrogen and oxygen atoms in total. The number of carboxylic acids is 1. The van der Waals surface area contributed by atoms with Crippen LogP contribution in [0.3, 0.4) is 0 Å². The van der Waals surface area contributed by atoms with Gasteiger partial charge in [-0.3, -0.25) is 0 Å². The van der Waals surface area contributed by atoms with Crippen LogP contribution in [0.4, 0.5) is 10.6 Å². The lowest BCUT2D eigenvalue weighted by Gasteiger charge is -2.35. The monoisotopic (exact) mass is 484 g/mol. The number of ether oxygens (including phenoxy) is 3. The molecular formula is C22H33ClN4O6. The normalized spacial score (nSPS) is 21.6. The lowest BCUT2D eigenvalue weighted by Crippen LogP contribution is -2.53. The number of carbonyl (C=O) groups excluding carboxylic acids is 1. The van der Waals surface area contributed by atoms with Crippen molar-refractivity contribution < 1.29 is 28.9 Å². The van der Waals surface area contributed by atoms with Gasteiger partial charge in [-0.1, -0.05) is 11.6 Å². The fourth-order valence-corrected chi connectivity index (χ4v) is 4.04. The summed E-state index contributed by atoms with van der Waals surface area (Å²) in [4.78, 5) is 32.3. The van der Waals surface area contributed by atoms with E-state index in [1.165, 1.54) is 6.07 Å². The zero-order chi connectivity index (χ0) is 24.2. The summed E-state index contributed by atoms with van der Waals surface area (Å²) in [6, 6.07) is 1.43. The van der Waals surface area contributed by atoms with Crippen molar-refractivity contribution in [3.8, 4) is 5.75 Å². The maximum atomic E-state index is 12.4. The van der Waals surface area contributed by atoms with Gasteiger partial charge in [0.2, 0.25) is 0 Å². The van der Waals surface area contributed by atoms with E-state index in [-0.39, 0.29) is 47.1 Å². The Morgan fingerprint density at radius 1 is 1.33 bits per heavy atom. The van der Waals surface area contributed by atoms with Crippen LogP contribution in [-0.2, 0) is 9.47 Å². The Labute approximate surface area is 199 Å². The number of carboxylic acid groups (broad SMARTS) is 1. The first-order chi connectivity index (χ1) is 15.5. The number of pyridine rings is 1. The van der Waals surface area contributed by atoms with E-state index in [0.717, 1.165) is 0 Å². The molecule has 184 valence electrons. The predicted molar refractivity (Wildman–Crippen MR) is 124 cm³/mol. The number of amides is 1. The number of rotatable bonds is 6. The third-order valence-corrected chi connectivity index (χ3v) is 5.51. The molecule has 2 atom stereocenters. The van der Waals surface area contributed by atoms with Crippen LogP contribution in [-0.4, -0.2) is 90.7 Å². The first-order valence-electron chi connectivity index (χ1n) is 11.2. The number of aromatic nitrogens is 1. The van der Waals surface area contributed by atoms with Crippen molar-refractivity contribution in [1.82, 2.24) is 15.2 Å². The van der Waals surface area contributed by atoms with E-state index in [0.29, 0.717) is 45.8 Å². The molecule has 0 aliphatic carbocycles. The summed E-state index contributed by atoms with van der Waals surface area (Å²) in [5.74, 6) is -0.668. The van der Waals surface area contributed by atoms with Gasteiger partial charge in [0, 0.05) is 44.8 Å². The number of hydrogen-bond donors (Lipinski definition) is 2. The van der Waals surface area contributed by atoms with Crippen LogP contribution in [0.25, 0.3) is 0 Å². The van der Waals surface area contributed by atoms with Crippen LogP contribution in [0.1, 0.15) is 44.5 Å². The lowest BCUT2D eigenvalue weighted by atomic mass is 10.1. The molecule has 3 heterocycles. The molecule has 0 unspecified atom stereocenters. The van der Waals surface area contributed by atoms with E-state index in [1.54, 1.807) is 4.90 Å². The SMILES string of the molecule is C[C@H]1CN(c2nc(Cl)cc(OCC[C@H]3CN(C(=O)OC(C)(C)C)CCN3)c2C(=O)O)CCO1. The summed E-state index contributed by atoms with van der Waals surface area (Å²) in [6.07, 6.45) is 0.187. The van der Waals surface area contributed by atoms with Crippen LogP contribution in [0.15, 0.2) is 6.07 Å². The molecule has 0 spiro atoms. The molecule has 0 radical (unpaired) electrons. The number of morpholine rings is 1. The van der Waals surface area contributed by atoms with Gasteiger partial charge in [0.15, 0.2) is 0 Å². The smallest absolute Gasteiger partial charge is 0.410 e. The molecule has 0 aromatic carbocycles. The van der Waals surface area contributed by atoms with Gasteiger partial charge in [-0.2, -0.15) is 0 Å². The summed E-state index contributed by atoms with van der Waals surface area (Å²) >= 11 is 6.20. The van der Waals surface area contributed by atoms with Gasteiger partial charge < -0.3 is 34.4 Å². The van der Waals surface area contributed by atoms with Crippen molar-refractivity contribution >= 4 is 29.5 Å². The van der Waals surface area contributed by atoms with Crippen molar-refractivity contribution in [2.45, 2.75) is 51.9 Å². The average molecular weight is 485 g/mol. The topological polar surface area (TPSA) is 113 Å². The summed E-state index contributed by atoms with van der Waals surface area (Å²) in [7, 11) is 0. The first-order valence-corrected chi connectivity index (χ1v) is 11.6. The van der Waals surface area contributed by atoms with E-state index in [4.69, 9.17) is 25.8 Å². The third-order valence-electron chi connectivity index (χ3n) is 5.32. The quantitative estimate of drug-likeness (QED) is 0.588. The molecule has 1 aromatic heterocycles. The minimum absolute atomic E-state index is 0.00332. The Bertz CT molecular complexity index is 862. The van der Waals surface area contributed by atoms with Crippen LogP contribution in [0, 0.1) is 0 Å². The number of halogens is 1. The summed E-state index contributed by atoms with van der Waals surface area (Å²) in [5.41, 5.74) is -0.565. The highest BCUT2D eigenvalue weighted by molar-refractivity contribution is 6.29. The van der Waals surface area contributed by atoms with Gasteiger partial charge in [0.05, 0.1) is 19.3 Å². The zero-order valence-electron chi connectivity index (χ0n) is 19.6. The van der Waals surface area contributed by atoms with E-state index in [1.807, 2.05) is 32.6 Å². The Hall–Kier alpha value is -2.30. The molecule has 1 aromatic rings. The van der Waals surface area contributed by atoms with Crippen molar-refractivity contribution in [2.24, 2.45) is 0 Å². The van der Waals surface area contributed by atoms with Crippen molar-refractivity contribution in [3.63, 3.8) is 0 Å². The summed E-state index contributed by atoms with van der Waals surface area (Å²) < 4.78 is 16.9. The van der Waals surface area contributed by atoms with E-state index < -0.39 is 11.6 Å².